The lowest BCUT2D eigenvalue weighted by Gasteiger charge is -2.28. The average molecular weight is 509 g/mol. The van der Waals surface area contributed by atoms with E-state index in [9.17, 15) is 4.79 Å². The molecule has 0 radical (unpaired) electrons. The van der Waals surface area contributed by atoms with Crippen LogP contribution in [0.3, 0.4) is 0 Å². The summed E-state index contributed by atoms with van der Waals surface area (Å²) in [5.74, 6) is 2.33. The van der Waals surface area contributed by atoms with Crippen molar-refractivity contribution in [2.75, 3.05) is 24.8 Å². The molecule has 0 aliphatic carbocycles. The van der Waals surface area contributed by atoms with Gasteiger partial charge in [0.15, 0.2) is 11.5 Å². The number of aromatic nitrogens is 3. The number of hydrogen-bond donors (Lipinski definition) is 1. The number of carbonyl (C=O) groups excluding carboxylic acids is 1. The third-order valence-electron chi connectivity index (χ3n) is 5.67. The molecule has 190 valence electrons. The Balaban J connectivity index is 1.72. The van der Waals surface area contributed by atoms with Crippen LogP contribution in [-0.4, -0.2) is 40.2 Å². The van der Waals surface area contributed by atoms with Gasteiger partial charge in [-0.1, -0.05) is 62.0 Å². The molecule has 0 fully saturated rings. The fourth-order valence-corrected chi connectivity index (χ4v) is 4.63. The normalized spacial score (nSPS) is 14.7. The van der Waals surface area contributed by atoms with Crippen LogP contribution >= 0.6 is 11.8 Å². The molecular weight excluding hydrogens is 476 g/mol. The number of anilines is 1. The van der Waals surface area contributed by atoms with Crippen LogP contribution < -0.4 is 14.8 Å². The van der Waals surface area contributed by atoms with E-state index in [0.29, 0.717) is 40.5 Å². The molecule has 2 heterocycles. The van der Waals surface area contributed by atoms with Crippen LogP contribution in [0.1, 0.15) is 50.8 Å². The highest BCUT2D eigenvalue weighted by Gasteiger charge is 2.35. The van der Waals surface area contributed by atoms with Crippen molar-refractivity contribution in [3.05, 3.63) is 70.9 Å². The number of fused-ring (bicyclic) bond motifs is 1. The van der Waals surface area contributed by atoms with Crippen molar-refractivity contribution in [3.63, 3.8) is 0 Å². The maximum absolute atomic E-state index is 13.5. The maximum Gasteiger partial charge on any atom is 0.338 e. The van der Waals surface area contributed by atoms with Gasteiger partial charge in [-0.05, 0) is 43.0 Å². The fourth-order valence-electron chi connectivity index (χ4n) is 3.94. The van der Waals surface area contributed by atoms with Gasteiger partial charge in [-0.25, -0.2) is 9.48 Å². The molecule has 1 aliphatic rings. The van der Waals surface area contributed by atoms with Gasteiger partial charge in [-0.3, -0.25) is 0 Å². The van der Waals surface area contributed by atoms with Crippen molar-refractivity contribution in [3.8, 4) is 11.5 Å². The standard InChI is InChI=1S/C27H32N4O4S/c1-5-14-34-21-13-12-20(16-22(21)33-4)24-23(25(32)35-17-19-10-8-7-9-11-19)18(3)28-26-29-27(30-31(24)26)36-15-6-2/h7-13,16,24H,5-6,14-15,17H2,1-4H3,(H,28,29,30). The Bertz CT molecular complexity index is 1230. The number of rotatable bonds is 11. The Labute approximate surface area is 216 Å². The predicted molar refractivity (Wildman–Crippen MR) is 141 cm³/mol. The number of methoxy groups -OCH3 is 1. The highest BCUT2D eigenvalue weighted by atomic mass is 32.2. The first-order chi connectivity index (χ1) is 17.5. The van der Waals surface area contributed by atoms with Crippen LogP contribution in [0.4, 0.5) is 5.95 Å². The largest absolute Gasteiger partial charge is 0.493 e. The summed E-state index contributed by atoms with van der Waals surface area (Å²) in [7, 11) is 1.61. The van der Waals surface area contributed by atoms with E-state index in [0.717, 1.165) is 29.7 Å². The molecule has 0 saturated heterocycles. The molecule has 36 heavy (non-hydrogen) atoms. The van der Waals surface area contributed by atoms with Gasteiger partial charge in [0.25, 0.3) is 0 Å². The Morgan fingerprint density at radius 1 is 1.11 bits per heavy atom. The lowest BCUT2D eigenvalue weighted by atomic mass is 9.95. The number of ether oxygens (including phenoxy) is 3. The predicted octanol–water partition coefficient (Wildman–Crippen LogP) is 5.61. The van der Waals surface area contributed by atoms with E-state index in [2.05, 4.69) is 24.1 Å². The zero-order chi connectivity index (χ0) is 25.5. The van der Waals surface area contributed by atoms with Crippen LogP contribution in [0.25, 0.3) is 0 Å². The molecule has 2 aromatic carbocycles. The first kappa shape index (κ1) is 25.6. The zero-order valence-corrected chi connectivity index (χ0v) is 21.9. The van der Waals surface area contributed by atoms with Crippen molar-refractivity contribution < 1.29 is 19.0 Å². The van der Waals surface area contributed by atoms with Gasteiger partial charge in [-0.2, -0.15) is 4.98 Å². The number of carbonyl (C=O) groups is 1. The van der Waals surface area contributed by atoms with Crippen molar-refractivity contribution in [2.45, 2.75) is 51.4 Å². The minimum absolute atomic E-state index is 0.179. The molecule has 0 saturated carbocycles. The SMILES string of the molecule is CCCOc1ccc(C2C(C(=O)OCc3ccccc3)=C(C)Nc3nc(SCCC)nn32)cc1OC. The number of esters is 1. The van der Waals surface area contributed by atoms with E-state index >= 15 is 0 Å². The van der Waals surface area contributed by atoms with Crippen LogP contribution in [0.5, 0.6) is 11.5 Å². The second kappa shape index (κ2) is 12.0. The molecule has 1 aromatic heterocycles. The minimum Gasteiger partial charge on any atom is -0.493 e. The Morgan fingerprint density at radius 2 is 1.92 bits per heavy atom. The van der Waals surface area contributed by atoms with Gasteiger partial charge in [0.05, 0.1) is 19.3 Å². The number of nitrogens with one attached hydrogen (secondary N) is 1. The fraction of sp³-hybridized carbons (Fsp3) is 0.370. The summed E-state index contributed by atoms with van der Waals surface area (Å²) in [5.41, 5.74) is 2.89. The second-order valence-corrected chi connectivity index (χ2v) is 9.46. The van der Waals surface area contributed by atoms with Gasteiger partial charge >= 0.3 is 5.97 Å². The van der Waals surface area contributed by atoms with E-state index < -0.39 is 12.0 Å². The summed E-state index contributed by atoms with van der Waals surface area (Å²) in [6.07, 6.45) is 1.90. The van der Waals surface area contributed by atoms with Crippen LogP contribution in [-0.2, 0) is 16.1 Å². The van der Waals surface area contributed by atoms with Gasteiger partial charge < -0.3 is 19.5 Å². The number of thioether (sulfide) groups is 1. The summed E-state index contributed by atoms with van der Waals surface area (Å²) in [4.78, 5) is 18.1. The molecule has 0 amide bonds. The Kier molecular flexibility index (Phi) is 8.53. The zero-order valence-electron chi connectivity index (χ0n) is 21.1. The Hall–Kier alpha value is -3.46. The molecule has 8 nitrogen and oxygen atoms in total. The van der Waals surface area contributed by atoms with E-state index in [4.69, 9.17) is 19.3 Å². The average Bonchev–Trinajstić information content (AvgIpc) is 3.31. The highest BCUT2D eigenvalue weighted by Crippen LogP contribution is 2.40. The van der Waals surface area contributed by atoms with Crippen molar-refractivity contribution in [1.82, 2.24) is 14.8 Å². The third-order valence-corrected chi connectivity index (χ3v) is 6.71. The van der Waals surface area contributed by atoms with E-state index in [1.54, 1.807) is 23.6 Å². The van der Waals surface area contributed by atoms with Gasteiger partial charge in [0.2, 0.25) is 11.1 Å². The molecule has 1 unspecified atom stereocenters. The first-order valence-corrected chi connectivity index (χ1v) is 13.1. The number of allylic oxidation sites excluding steroid dienone is 1. The summed E-state index contributed by atoms with van der Waals surface area (Å²) in [6.45, 7) is 6.80. The smallest absolute Gasteiger partial charge is 0.338 e. The maximum atomic E-state index is 13.5. The molecule has 0 bridgehead atoms. The lowest BCUT2D eigenvalue weighted by molar-refractivity contribution is -0.140. The van der Waals surface area contributed by atoms with Crippen LogP contribution in [0.15, 0.2) is 65.0 Å². The van der Waals surface area contributed by atoms with Crippen LogP contribution in [0, 0.1) is 0 Å². The van der Waals surface area contributed by atoms with Crippen LogP contribution in [0.2, 0.25) is 0 Å². The van der Waals surface area contributed by atoms with E-state index in [1.165, 1.54) is 0 Å². The monoisotopic (exact) mass is 508 g/mol. The van der Waals surface area contributed by atoms with Crippen molar-refractivity contribution in [1.29, 1.82) is 0 Å². The molecule has 0 spiro atoms. The second-order valence-electron chi connectivity index (χ2n) is 8.40. The number of hydrogen-bond acceptors (Lipinski definition) is 8. The van der Waals surface area contributed by atoms with E-state index in [1.807, 2.05) is 55.5 Å². The molecule has 3 aromatic rings. The van der Waals surface area contributed by atoms with Crippen molar-refractivity contribution in [2.24, 2.45) is 0 Å². The molecule has 1 aliphatic heterocycles. The number of benzene rings is 2. The summed E-state index contributed by atoms with van der Waals surface area (Å²) >= 11 is 1.59. The molecule has 1 atom stereocenters. The topological polar surface area (TPSA) is 87.5 Å². The lowest BCUT2D eigenvalue weighted by Crippen LogP contribution is -2.29. The van der Waals surface area contributed by atoms with E-state index in [-0.39, 0.29) is 6.61 Å². The molecular formula is C27H32N4O4S. The highest BCUT2D eigenvalue weighted by molar-refractivity contribution is 7.99. The van der Waals surface area contributed by atoms with Gasteiger partial charge in [0, 0.05) is 11.4 Å². The summed E-state index contributed by atoms with van der Waals surface area (Å²) in [5, 5.41) is 8.66. The first-order valence-electron chi connectivity index (χ1n) is 12.1. The molecule has 9 heteroatoms. The Morgan fingerprint density at radius 3 is 2.64 bits per heavy atom. The summed E-state index contributed by atoms with van der Waals surface area (Å²) in [6, 6.07) is 14.8. The third kappa shape index (κ3) is 5.67. The van der Waals surface area contributed by atoms with Gasteiger partial charge in [0.1, 0.15) is 12.6 Å². The van der Waals surface area contributed by atoms with Crippen molar-refractivity contribution >= 4 is 23.7 Å². The van der Waals surface area contributed by atoms with Gasteiger partial charge in [-0.15, -0.1) is 5.10 Å². The summed E-state index contributed by atoms with van der Waals surface area (Å²) < 4.78 is 19.0. The number of nitrogens with zero attached hydrogens (tertiary/aromatic N) is 3. The molecule has 4 rings (SSSR count). The molecule has 1 N–H and O–H groups in total. The minimum atomic E-state index is -0.540. The quantitative estimate of drug-likeness (QED) is 0.264.